The quantitative estimate of drug-likeness (QED) is 0.236. The molecule has 0 aliphatic carbocycles. The first-order chi connectivity index (χ1) is 23.3. The molecular formula is C38H46N2O8. The van der Waals surface area contributed by atoms with Crippen LogP contribution in [0.1, 0.15) is 73.7 Å². The number of carbonyl (C=O) groups excluding carboxylic acids is 1. The van der Waals surface area contributed by atoms with E-state index in [4.69, 9.17) is 24.1 Å². The van der Waals surface area contributed by atoms with E-state index in [-0.39, 0.29) is 43.5 Å². The molecule has 3 aromatic carbocycles. The van der Waals surface area contributed by atoms with E-state index >= 15 is 0 Å². The molecule has 3 aliphatic heterocycles. The summed E-state index contributed by atoms with van der Waals surface area (Å²) >= 11 is 0. The molecule has 0 unspecified atom stereocenters. The number of benzene rings is 3. The molecular weight excluding hydrogens is 612 g/mol. The Morgan fingerprint density at radius 3 is 2.29 bits per heavy atom. The van der Waals surface area contributed by atoms with Gasteiger partial charge in [-0.15, -0.1) is 0 Å². The van der Waals surface area contributed by atoms with Crippen molar-refractivity contribution in [2.24, 2.45) is 5.92 Å². The van der Waals surface area contributed by atoms with Gasteiger partial charge < -0.3 is 39.4 Å². The van der Waals surface area contributed by atoms with E-state index in [0.717, 1.165) is 65.9 Å². The lowest BCUT2D eigenvalue weighted by atomic mass is 9.89. The highest BCUT2D eigenvalue weighted by atomic mass is 16.7. The van der Waals surface area contributed by atoms with Crippen LogP contribution in [-0.4, -0.2) is 71.7 Å². The Balaban J connectivity index is 1.17. The number of hydrogen-bond acceptors (Lipinski definition) is 8. The molecule has 48 heavy (non-hydrogen) atoms. The van der Waals surface area contributed by atoms with Gasteiger partial charge in [-0.05, 0) is 46.4 Å². The van der Waals surface area contributed by atoms with Crippen molar-refractivity contribution in [2.75, 3.05) is 32.8 Å². The van der Waals surface area contributed by atoms with E-state index in [1.54, 1.807) is 0 Å². The van der Waals surface area contributed by atoms with Gasteiger partial charge in [-0.3, -0.25) is 9.59 Å². The van der Waals surface area contributed by atoms with Crippen LogP contribution in [0.4, 0.5) is 0 Å². The summed E-state index contributed by atoms with van der Waals surface area (Å²) in [5.41, 5.74) is 5.79. The Bertz CT molecular complexity index is 1530. The second-order valence-corrected chi connectivity index (χ2v) is 13.1. The normalized spacial score (nSPS) is 24.0. The number of carboxylic acid groups (broad SMARTS) is 1. The number of nitrogens with one attached hydrogen (secondary N) is 1. The van der Waals surface area contributed by atoms with Crippen LogP contribution < -0.4 is 5.32 Å². The number of likely N-dealkylation sites (tertiary alicyclic amines) is 1. The Kier molecular flexibility index (Phi) is 11.2. The summed E-state index contributed by atoms with van der Waals surface area (Å²) in [7, 11) is 0. The zero-order chi connectivity index (χ0) is 33.5. The molecule has 10 heteroatoms. The molecule has 3 heterocycles. The summed E-state index contributed by atoms with van der Waals surface area (Å²) in [6, 6.07) is 24.2. The number of nitrogens with zero attached hydrogens (tertiary/aromatic N) is 1. The van der Waals surface area contributed by atoms with E-state index in [2.05, 4.69) is 35.3 Å². The van der Waals surface area contributed by atoms with E-state index < -0.39 is 18.0 Å². The van der Waals surface area contributed by atoms with Crippen molar-refractivity contribution in [3.8, 4) is 11.1 Å². The predicted molar refractivity (Wildman–Crippen MR) is 178 cm³/mol. The van der Waals surface area contributed by atoms with Crippen LogP contribution in [0.5, 0.6) is 0 Å². The van der Waals surface area contributed by atoms with Gasteiger partial charge in [0, 0.05) is 63.3 Å². The van der Waals surface area contributed by atoms with Gasteiger partial charge >= 0.3 is 5.97 Å². The molecule has 0 aromatic heterocycles. The summed E-state index contributed by atoms with van der Waals surface area (Å²) in [5.74, 6) is -1.41. The Labute approximate surface area is 282 Å². The van der Waals surface area contributed by atoms with Crippen molar-refractivity contribution in [2.45, 2.75) is 76.5 Å². The van der Waals surface area contributed by atoms with E-state index in [0.29, 0.717) is 26.2 Å². The number of piperidine rings is 1. The number of carbonyl (C=O) groups is 2. The molecule has 3 aromatic rings. The van der Waals surface area contributed by atoms with Crippen LogP contribution in [-0.2, 0) is 41.7 Å². The summed E-state index contributed by atoms with van der Waals surface area (Å²) in [5, 5.41) is 21.3. The van der Waals surface area contributed by atoms with E-state index in [9.17, 15) is 14.7 Å². The maximum Gasteiger partial charge on any atom is 0.303 e. The van der Waals surface area contributed by atoms with Gasteiger partial charge in [0.15, 0.2) is 12.1 Å². The lowest BCUT2D eigenvalue weighted by Gasteiger charge is -2.44. The smallest absolute Gasteiger partial charge is 0.303 e. The molecule has 256 valence electrons. The number of aliphatic hydroxyl groups excluding tert-OH is 1. The van der Waals surface area contributed by atoms with Crippen LogP contribution in [0.2, 0.25) is 0 Å². The first-order valence-corrected chi connectivity index (χ1v) is 17.0. The van der Waals surface area contributed by atoms with Gasteiger partial charge in [0.1, 0.15) is 0 Å². The highest BCUT2D eigenvalue weighted by Crippen LogP contribution is 2.43. The molecule has 3 aliphatic rings. The van der Waals surface area contributed by atoms with Crippen LogP contribution in [0, 0.1) is 5.92 Å². The zero-order valence-electron chi connectivity index (χ0n) is 27.5. The van der Waals surface area contributed by atoms with Gasteiger partial charge in [-0.1, -0.05) is 67.6 Å². The summed E-state index contributed by atoms with van der Waals surface area (Å²) < 4.78 is 25.4. The minimum atomic E-state index is -0.899. The first kappa shape index (κ1) is 34.2. The molecule has 6 rings (SSSR count). The fraction of sp³-hybridized carbons (Fsp3) is 0.474. The third-order valence-corrected chi connectivity index (χ3v) is 9.70. The van der Waals surface area contributed by atoms with Crippen LogP contribution >= 0.6 is 0 Å². The summed E-state index contributed by atoms with van der Waals surface area (Å²) in [6.07, 6.45) is 1.29. The average Bonchev–Trinajstić information content (AvgIpc) is 3.57. The van der Waals surface area contributed by atoms with Gasteiger partial charge in [0.25, 0.3) is 0 Å². The monoisotopic (exact) mass is 658 g/mol. The van der Waals surface area contributed by atoms with Crippen LogP contribution in [0.3, 0.4) is 0 Å². The number of ether oxygens (including phenoxy) is 4. The van der Waals surface area contributed by atoms with Crippen molar-refractivity contribution in [3.05, 3.63) is 95.1 Å². The Hall–Kier alpha value is -3.64. The number of carboxylic acids is 1. The van der Waals surface area contributed by atoms with Gasteiger partial charge in [0.2, 0.25) is 5.91 Å². The second kappa shape index (κ2) is 15.7. The predicted octanol–water partition coefficient (Wildman–Crippen LogP) is 5.35. The maximum atomic E-state index is 12.2. The highest BCUT2D eigenvalue weighted by Gasteiger charge is 2.43. The van der Waals surface area contributed by atoms with Crippen molar-refractivity contribution in [1.82, 2.24) is 10.2 Å². The van der Waals surface area contributed by atoms with Crippen molar-refractivity contribution >= 4 is 11.9 Å². The van der Waals surface area contributed by atoms with Crippen molar-refractivity contribution < 1.29 is 38.7 Å². The zero-order valence-corrected chi connectivity index (χ0v) is 27.5. The Morgan fingerprint density at radius 1 is 0.875 bits per heavy atom. The van der Waals surface area contributed by atoms with Crippen LogP contribution in [0.25, 0.3) is 11.1 Å². The standard InChI is InChI=1S/C38H46N2O8/c1-26-33(24-40-17-15-38(16-18-40)45-19-20-46-38)47-37(48-36(26)29-13-11-27(25-41)12-14-29)32-8-3-7-31(22-32)30-6-2-5-28(21-30)23-39-34(42)9-4-10-35(43)44/h2-3,5-8,11-14,21-22,26,33,36-37,41H,4,9-10,15-20,23-25H2,1H3,(H,39,42)(H,43,44)/t26-,33+,36+,37+/m0/s1. The summed E-state index contributed by atoms with van der Waals surface area (Å²) in [4.78, 5) is 25.4. The van der Waals surface area contributed by atoms with Gasteiger partial charge in [-0.25, -0.2) is 0 Å². The lowest BCUT2D eigenvalue weighted by Crippen LogP contribution is -2.50. The van der Waals surface area contributed by atoms with Crippen LogP contribution in [0.15, 0.2) is 72.8 Å². The van der Waals surface area contributed by atoms with Gasteiger partial charge in [-0.2, -0.15) is 0 Å². The molecule has 3 fully saturated rings. The molecule has 4 atom stereocenters. The minimum Gasteiger partial charge on any atom is -0.481 e. The third kappa shape index (κ3) is 8.49. The maximum absolute atomic E-state index is 12.2. The molecule has 3 saturated heterocycles. The molecule has 1 amide bonds. The van der Waals surface area contributed by atoms with Crippen molar-refractivity contribution in [1.29, 1.82) is 0 Å². The number of aliphatic hydroxyl groups is 1. The minimum absolute atomic E-state index is 0.00719. The topological polar surface area (TPSA) is 127 Å². The number of hydrogen-bond donors (Lipinski definition) is 3. The van der Waals surface area contributed by atoms with Gasteiger partial charge in [0.05, 0.1) is 32.0 Å². The highest BCUT2D eigenvalue weighted by molar-refractivity contribution is 5.76. The fourth-order valence-electron chi connectivity index (χ4n) is 6.86. The lowest BCUT2D eigenvalue weighted by molar-refractivity contribution is -0.278. The second-order valence-electron chi connectivity index (χ2n) is 13.1. The molecule has 0 saturated carbocycles. The molecule has 3 N–H and O–H groups in total. The third-order valence-electron chi connectivity index (χ3n) is 9.70. The van der Waals surface area contributed by atoms with E-state index in [1.165, 1.54) is 0 Å². The molecule has 10 nitrogen and oxygen atoms in total. The molecule has 0 radical (unpaired) electrons. The molecule has 0 bridgehead atoms. The Morgan fingerprint density at radius 2 is 1.58 bits per heavy atom. The fourth-order valence-corrected chi connectivity index (χ4v) is 6.86. The number of amides is 1. The van der Waals surface area contributed by atoms with Crippen molar-refractivity contribution in [3.63, 3.8) is 0 Å². The average molecular weight is 659 g/mol. The number of aliphatic carboxylic acids is 1. The SMILES string of the molecule is C[C@H]1[C@@H](CN2CCC3(CC2)OCCO3)O[C@@H](c2cccc(-c3cccc(CNC(=O)CCCC(=O)O)c3)c2)O[C@H]1c1ccc(CO)cc1. The first-order valence-electron chi connectivity index (χ1n) is 17.0. The van der Waals surface area contributed by atoms with E-state index in [1.807, 2.05) is 54.6 Å². The number of rotatable bonds is 12. The molecule has 1 spiro atoms. The largest absolute Gasteiger partial charge is 0.481 e. The summed E-state index contributed by atoms with van der Waals surface area (Å²) in [6.45, 7) is 6.39.